The molecule has 1 heterocycles. The second kappa shape index (κ2) is 7.01. The van der Waals surface area contributed by atoms with Crippen molar-refractivity contribution in [2.75, 3.05) is 25.0 Å². The highest BCUT2D eigenvalue weighted by molar-refractivity contribution is 6.33. The van der Waals surface area contributed by atoms with E-state index in [0.717, 1.165) is 10.7 Å². The predicted molar refractivity (Wildman–Crippen MR) is 79.4 cm³/mol. The number of hydrogen-bond acceptors (Lipinski definition) is 2. The molecule has 100 valence electrons. The molecule has 0 radical (unpaired) electrons. The molecule has 0 saturated carbocycles. The van der Waals surface area contributed by atoms with Gasteiger partial charge in [0.1, 0.15) is 0 Å². The summed E-state index contributed by atoms with van der Waals surface area (Å²) in [6, 6.07) is 8.59. The molecule has 0 spiro atoms. The van der Waals surface area contributed by atoms with Crippen LogP contribution in [0.2, 0.25) is 5.02 Å². The molecule has 1 unspecified atom stereocenters. The number of halogens is 1. The van der Waals surface area contributed by atoms with Crippen LogP contribution in [0.5, 0.6) is 0 Å². The van der Waals surface area contributed by atoms with Crippen molar-refractivity contribution < 1.29 is 0 Å². The van der Waals surface area contributed by atoms with Crippen LogP contribution in [0.4, 0.5) is 5.69 Å². The number of likely N-dealkylation sites (tertiary alicyclic amines) is 1. The fraction of sp³-hybridized carbons (Fsp3) is 0.600. The van der Waals surface area contributed by atoms with Crippen LogP contribution in [0, 0.1) is 0 Å². The van der Waals surface area contributed by atoms with E-state index >= 15 is 0 Å². The lowest BCUT2D eigenvalue weighted by Gasteiger charge is -2.20. The Morgan fingerprint density at radius 2 is 2.11 bits per heavy atom. The number of hydrogen-bond donors (Lipinski definition) is 1. The fourth-order valence-corrected chi connectivity index (χ4v) is 2.83. The third kappa shape index (κ3) is 3.89. The van der Waals surface area contributed by atoms with Crippen molar-refractivity contribution >= 4 is 17.3 Å². The van der Waals surface area contributed by atoms with Crippen LogP contribution in [0.3, 0.4) is 0 Å². The molecule has 1 atom stereocenters. The third-order valence-corrected chi connectivity index (χ3v) is 3.92. The number of rotatable bonds is 4. The Labute approximate surface area is 115 Å². The van der Waals surface area contributed by atoms with Crippen molar-refractivity contribution in [1.29, 1.82) is 0 Å². The first kappa shape index (κ1) is 13.7. The van der Waals surface area contributed by atoms with E-state index in [1.54, 1.807) is 0 Å². The average molecular weight is 267 g/mol. The lowest BCUT2D eigenvalue weighted by atomic mass is 10.1. The molecule has 1 aromatic carbocycles. The molecule has 1 aliphatic heterocycles. The standard InChI is InChI=1S/C15H23ClN2/c1-2-10-18-11-5-6-13(9-12-18)17-15-8-4-3-7-14(15)16/h3-4,7-8,13,17H,2,5-6,9-12H2,1H3. The molecule has 1 saturated heterocycles. The van der Waals surface area contributed by atoms with E-state index in [4.69, 9.17) is 11.6 Å². The van der Waals surface area contributed by atoms with Gasteiger partial charge in [-0.2, -0.15) is 0 Å². The van der Waals surface area contributed by atoms with E-state index in [9.17, 15) is 0 Å². The van der Waals surface area contributed by atoms with E-state index < -0.39 is 0 Å². The van der Waals surface area contributed by atoms with Gasteiger partial charge in [-0.3, -0.25) is 0 Å². The van der Waals surface area contributed by atoms with Crippen molar-refractivity contribution in [2.24, 2.45) is 0 Å². The van der Waals surface area contributed by atoms with Gasteiger partial charge < -0.3 is 10.2 Å². The second-order valence-corrected chi connectivity index (χ2v) is 5.50. The molecule has 1 N–H and O–H groups in total. The van der Waals surface area contributed by atoms with Crippen molar-refractivity contribution in [3.05, 3.63) is 29.3 Å². The van der Waals surface area contributed by atoms with Gasteiger partial charge in [-0.05, 0) is 50.9 Å². The molecule has 2 nitrogen and oxygen atoms in total. The zero-order valence-electron chi connectivity index (χ0n) is 11.2. The molecule has 2 rings (SSSR count). The molecule has 18 heavy (non-hydrogen) atoms. The summed E-state index contributed by atoms with van der Waals surface area (Å²) in [6.07, 6.45) is 4.99. The highest BCUT2D eigenvalue weighted by Crippen LogP contribution is 2.24. The number of anilines is 1. The Hall–Kier alpha value is -0.730. The Balaban J connectivity index is 1.89. The van der Waals surface area contributed by atoms with Gasteiger partial charge >= 0.3 is 0 Å². The summed E-state index contributed by atoms with van der Waals surface area (Å²) in [5, 5.41) is 4.42. The van der Waals surface area contributed by atoms with Gasteiger partial charge in [-0.15, -0.1) is 0 Å². The lowest BCUT2D eigenvalue weighted by molar-refractivity contribution is 0.285. The molecular weight excluding hydrogens is 244 g/mol. The smallest absolute Gasteiger partial charge is 0.0637 e. The maximum atomic E-state index is 6.19. The topological polar surface area (TPSA) is 15.3 Å². The fourth-order valence-electron chi connectivity index (χ4n) is 2.64. The molecule has 0 aliphatic carbocycles. The van der Waals surface area contributed by atoms with Crippen LogP contribution in [0.15, 0.2) is 24.3 Å². The Bertz CT molecular complexity index is 367. The molecule has 1 aromatic rings. The number of nitrogens with zero attached hydrogens (tertiary/aromatic N) is 1. The largest absolute Gasteiger partial charge is 0.381 e. The van der Waals surface area contributed by atoms with Gasteiger partial charge in [0, 0.05) is 12.6 Å². The maximum Gasteiger partial charge on any atom is 0.0637 e. The number of nitrogens with one attached hydrogen (secondary N) is 1. The minimum atomic E-state index is 0.562. The van der Waals surface area contributed by atoms with Crippen LogP contribution in [0.1, 0.15) is 32.6 Å². The molecule has 1 aliphatic rings. The van der Waals surface area contributed by atoms with Gasteiger partial charge in [-0.25, -0.2) is 0 Å². The van der Waals surface area contributed by atoms with Crippen molar-refractivity contribution in [2.45, 2.75) is 38.6 Å². The van der Waals surface area contributed by atoms with Gasteiger partial charge in [0.15, 0.2) is 0 Å². The van der Waals surface area contributed by atoms with Crippen LogP contribution in [-0.2, 0) is 0 Å². The first-order chi connectivity index (χ1) is 8.79. The highest BCUT2D eigenvalue weighted by atomic mass is 35.5. The summed E-state index contributed by atoms with van der Waals surface area (Å²) in [6.45, 7) is 5.94. The lowest BCUT2D eigenvalue weighted by Crippen LogP contribution is -2.27. The molecule has 3 heteroatoms. The first-order valence-corrected chi connectivity index (χ1v) is 7.41. The van der Waals surface area contributed by atoms with E-state index in [0.29, 0.717) is 6.04 Å². The SMILES string of the molecule is CCCN1CCCC(Nc2ccccc2Cl)CC1. The van der Waals surface area contributed by atoms with Crippen molar-refractivity contribution in [3.63, 3.8) is 0 Å². The Morgan fingerprint density at radius 3 is 2.89 bits per heavy atom. The Kier molecular flexibility index (Phi) is 5.33. The van der Waals surface area contributed by atoms with Gasteiger partial charge in [0.05, 0.1) is 10.7 Å². The van der Waals surface area contributed by atoms with Crippen LogP contribution in [0.25, 0.3) is 0 Å². The van der Waals surface area contributed by atoms with Crippen LogP contribution < -0.4 is 5.32 Å². The summed E-state index contributed by atoms with van der Waals surface area (Å²) >= 11 is 6.19. The first-order valence-electron chi connectivity index (χ1n) is 7.03. The zero-order chi connectivity index (χ0) is 12.8. The normalized spacial score (nSPS) is 21.6. The third-order valence-electron chi connectivity index (χ3n) is 3.59. The minimum absolute atomic E-state index is 0.562. The summed E-state index contributed by atoms with van der Waals surface area (Å²) in [5.74, 6) is 0. The van der Waals surface area contributed by atoms with Gasteiger partial charge in [0.25, 0.3) is 0 Å². The Morgan fingerprint density at radius 1 is 1.28 bits per heavy atom. The summed E-state index contributed by atoms with van der Waals surface area (Å²) in [4.78, 5) is 2.58. The average Bonchev–Trinajstić information content (AvgIpc) is 2.59. The zero-order valence-corrected chi connectivity index (χ0v) is 11.9. The second-order valence-electron chi connectivity index (χ2n) is 5.09. The molecule has 0 amide bonds. The molecular formula is C15H23ClN2. The quantitative estimate of drug-likeness (QED) is 0.886. The van der Waals surface area contributed by atoms with Crippen molar-refractivity contribution in [3.8, 4) is 0 Å². The minimum Gasteiger partial charge on any atom is -0.381 e. The summed E-state index contributed by atoms with van der Waals surface area (Å²) in [7, 11) is 0. The molecule has 0 bridgehead atoms. The van der Waals surface area contributed by atoms with E-state index in [1.165, 1.54) is 45.3 Å². The molecule has 1 fully saturated rings. The molecule has 0 aromatic heterocycles. The number of benzene rings is 1. The van der Waals surface area contributed by atoms with E-state index in [1.807, 2.05) is 18.2 Å². The predicted octanol–water partition coefficient (Wildman–Crippen LogP) is 4.02. The van der Waals surface area contributed by atoms with E-state index in [-0.39, 0.29) is 0 Å². The number of para-hydroxylation sites is 1. The summed E-state index contributed by atoms with van der Waals surface area (Å²) in [5.41, 5.74) is 1.08. The maximum absolute atomic E-state index is 6.19. The summed E-state index contributed by atoms with van der Waals surface area (Å²) < 4.78 is 0. The monoisotopic (exact) mass is 266 g/mol. The van der Waals surface area contributed by atoms with Gasteiger partial charge in [-0.1, -0.05) is 30.7 Å². The van der Waals surface area contributed by atoms with Crippen LogP contribution >= 0.6 is 11.6 Å². The van der Waals surface area contributed by atoms with Crippen molar-refractivity contribution in [1.82, 2.24) is 4.90 Å². The van der Waals surface area contributed by atoms with E-state index in [2.05, 4.69) is 23.2 Å². The highest BCUT2D eigenvalue weighted by Gasteiger charge is 2.16. The van der Waals surface area contributed by atoms with Crippen LogP contribution in [-0.4, -0.2) is 30.6 Å². The van der Waals surface area contributed by atoms with Gasteiger partial charge in [0.2, 0.25) is 0 Å².